The second kappa shape index (κ2) is 8.01. The van der Waals surface area contributed by atoms with Gasteiger partial charge in [0.05, 0.1) is 12.4 Å². The van der Waals surface area contributed by atoms with Crippen molar-refractivity contribution < 1.29 is 17.9 Å². The molecule has 1 aromatic carbocycles. The first-order valence-electron chi connectivity index (χ1n) is 6.40. The van der Waals surface area contributed by atoms with Crippen LogP contribution in [0.3, 0.4) is 0 Å². The maximum Gasteiger partial charge on any atom is 0.211 e. The van der Waals surface area contributed by atoms with Gasteiger partial charge in [-0.15, -0.1) is 0 Å². The van der Waals surface area contributed by atoms with E-state index < -0.39 is 10.0 Å². The molecule has 0 heterocycles. The highest BCUT2D eigenvalue weighted by Crippen LogP contribution is 2.17. The zero-order valence-corrected chi connectivity index (χ0v) is 12.2. The van der Waals surface area contributed by atoms with Crippen LogP contribution < -0.4 is 14.2 Å². The highest BCUT2D eigenvalue weighted by Gasteiger charge is 2.07. The first kappa shape index (κ1) is 15.8. The van der Waals surface area contributed by atoms with Gasteiger partial charge in [0, 0.05) is 6.54 Å². The van der Waals surface area contributed by atoms with E-state index in [0.29, 0.717) is 25.4 Å². The van der Waals surface area contributed by atoms with Crippen molar-refractivity contribution >= 4 is 10.0 Å². The summed E-state index contributed by atoms with van der Waals surface area (Å²) in [5.41, 5.74) is 0. The molecular formula is C13H21NO4S. The molecule has 0 radical (unpaired) electrons. The number of sulfonamides is 1. The molecule has 1 aromatic rings. The minimum Gasteiger partial charge on any atom is -0.494 e. The average molecular weight is 287 g/mol. The quantitative estimate of drug-likeness (QED) is 0.703. The average Bonchev–Trinajstić information content (AvgIpc) is 2.37. The summed E-state index contributed by atoms with van der Waals surface area (Å²) >= 11 is 0. The van der Waals surface area contributed by atoms with E-state index in [4.69, 9.17) is 9.47 Å². The first-order chi connectivity index (χ1) is 9.07. The summed E-state index contributed by atoms with van der Waals surface area (Å²) in [5, 5.41) is 0. The van der Waals surface area contributed by atoms with Crippen LogP contribution in [0.5, 0.6) is 11.5 Å². The number of ether oxygens (including phenoxy) is 2. The lowest BCUT2D eigenvalue weighted by atomic mass is 10.3. The van der Waals surface area contributed by atoms with E-state index in [1.54, 1.807) is 12.1 Å². The summed E-state index contributed by atoms with van der Waals surface area (Å²) in [4.78, 5) is 0. The van der Waals surface area contributed by atoms with E-state index >= 15 is 0 Å². The lowest BCUT2D eigenvalue weighted by Crippen LogP contribution is -2.30. The van der Waals surface area contributed by atoms with E-state index in [1.807, 2.05) is 26.0 Å². The van der Waals surface area contributed by atoms with Gasteiger partial charge in [-0.05, 0) is 37.6 Å². The van der Waals surface area contributed by atoms with Gasteiger partial charge in [-0.3, -0.25) is 0 Å². The SMILES string of the molecule is CCCS(=O)(=O)NCCOc1ccc(OCC)cc1. The normalized spacial score (nSPS) is 11.3. The third-order valence-corrected chi connectivity index (χ3v) is 3.89. The van der Waals surface area contributed by atoms with Crippen molar-refractivity contribution in [3.8, 4) is 11.5 Å². The first-order valence-corrected chi connectivity index (χ1v) is 8.05. The predicted octanol–water partition coefficient (Wildman–Crippen LogP) is 1.79. The van der Waals surface area contributed by atoms with Crippen LogP contribution in [0.2, 0.25) is 0 Å². The molecule has 0 aliphatic rings. The zero-order valence-electron chi connectivity index (χ0n) is 11.4. The second-order valence-electron chi connectivity index (χ2n) is 3.97. The summed E-state index contributed by atoms with van der Waals surface area (Å²) in [6.45, 7) is 4.95. The fourth-order valence-corrected chi connectivity index (χ4v) is 2.58. The fourth-order valence-electron chi connectivity index (χ4n) is 1.51. The minimum absolute atomic E-state index is 0.149. The molecule has 0 amide bonds. The van der Waals surface area contributed by atoms with Gasteiger partial charge in [-0.2, -0.15) is 0 Å². The third-order valence-electron chi connectivity index (χ3n) is 2.30. The highest BCUT2D eigenvalue weighted by molar-refractivity contribution is 7.89. The van der Waals surface area contributed by atoms with Gasteiger partial charge in [0.25, 0.3) is 0 Å². The van der Waals surface area contributed by atoms with Crippen LogP contribution in [-0.4, -0.2) is 33.9 Å². The molecule has 0 aromatic heterocycles. The van der Waals surface area contributed by atoms with E-state index in [0.717, 1.165) is 5.75 Å². The predicted molar refractivity (Wildman–Crippen MR) is 75.2 cm³/mol. The molecule has 0 aliphatic carbocycles. The van der Waals surface area contributed by atoms with Crippen molar-refractivity contribution in [1.82, 2.24) is 4.72 Å². The summed E-state index contributed by atoms with van der Waals surface area (Å²) in [5.74, 6) is 1.63. The standard InChI is InChI=1S/C13H21NO4S/c1-3-11-19(15,16)14-9-10-18-13-7-5-12(6-8-13)17-4-2/h5-8,14H,3-4,9-11H2,1-2H3. The minimum atomic E-state index is -3.15. The van der Waals surface area contributed by atoms with E-state index in [2.05, 4.69) is 4.72 Å². The molecule has 0 saturated heterocycles. The Kier molecular flexibility index (Phi) is 6.66. The van der Waals surface area contributed by atoms with Crippen molar-refractivity contribution in [2.75, 3.05) is 25.5 Å². The van der Waals surface area contributed by atoms with Crippen molar-refractivity contribution in [2.24, 2.45) is 0 Å². The zero-order chi connectivity index (χ0) is 14.1. The topological polar surface area (TPSA) is 64.6 Å². The van der Waals surface area contributed by atoms with Gasteiger partial charge in [-0.25, -0.2) is 13.1 Å². The van der Waals surface area contributed by atoms with Crippen LogP contribution in [0.1, 0.15) is 20.3 Å². The highest BCUT2D eigenvalue weighted by atomic mass is 32.2. The van der Waals surface area contributed by atoms with Gasteiger partial charge in [0.2, 0.25) is 10.0 Å². The van der Waals surface area contributed by atoms with Gasteiger partial charge < -0.3 is 9.47 Å². The number of hydrogen-bond acceptors (Lipinski definition) is 4. The monoisotopic (exact) mass is 287 g/mol. The van der Waals surface area contributed by atoms with Gasteiger partial charge in [-0.1, -0.05) is 6.92 Å². The Hall–Kier alpha value is -1.27. The molecule has 5 nitrogen and oxygen atoms in total. The van der Waals surface area contributed by atoms with Crippen molar-refractivity contribution in [3.05, 3.63) is 24.3 Å². The lowest BCUT2D eigenvalue weighted by molar-refractivity contribution is 0.319. The summed E-state index contributed by atoms with van der Waals surface area (Å²) in [6.07, 6.45) is 0.606. The summed E-state index contributed by atoms with van der Waals surface area (Å²) in [7, 11) is -3.15. The maximum absolute atomic E-state index is 11.4. The molecule has 0 fully saturated rings. The molecule has 0 saturated carbocycles. The lowest BCUT2D eigenvalue weighted by Gasteiger charge is -2.08. The van der Waals surface area contributed by atoms with Crippen molar-refractivity contribution in [1.29, 1.82) is 0 Å². The molecule has 0 spiro atoms. The molecule has 19 heavy (non-hydrogen) atoms. The molecule has 0 bridgehead atoms. The Morgan fingerprint density at radius 2 is 1.63 bits per heavy atom. The number of rotatable bonds is 9. The smallest absolute Gasteiger partial charge is 0.211 e. The van der Waals surface area contributed by atoms with E-state index in [9.17, 15) is 8.42 Å². The Morgan fingerprint density at radius 3 is 2.16 bits per heavy atom. The fraction of sp³-hybridized carbons (Fsp3) is 0.538. The van der Waals surface area contributed by atoms with Crippen LogP contribution in [0.4, 0.5) is 0 Å². The number of benzene rings is 1. The third kappa shape index (κ3) is 6.45. The Labute approximate surface area is 115 Å². The van der Waals surface area contributed by atoms with Crippen molar-refractivity contribution in [2.45, 2.75) is 20.3 Å². The molecule has 108 valence electrons. The van der Waals surface area contributed by atoms with Crippen LogP contribution in [-0.2, 0) is 10.0 Å². The van der Waals surface area contributed by atoms with Crippen LogP contribution >= 0.6 is 0 Å². The molecular weight excluding hydrogens is 266 g/mol. The summed E-state index contributed by atoms with van der Waals surface area (Å²) < 4.78 is 36.0. The van der Waals surface area contributed by atoms with Gasteiger partial charge >= 0.3 is 0 Å². The molecule has 6 heteroatoms. The Balaban J connectivity index is 2.29. The van der Waals surface area contributed by atoms with Crippen molar-refractivity contribution in [3.63, 3.8) is 0 Å². The number of nitrogens with one attached hydrogen (secondary N) is 1. The maximum atomic E-state index is 11.4. The molecule has 1 rings (SSSR count). The Morgan fingerprint density at radius 1 is 1.05 bits per heavy atom. The van der Waals surface area contributed by atoms with Crippen LogP contribution in [0, 0.1) is 0 Å². The molecule has 0 aliphatic heterocycles. The van der Waals surface area contributed by atoms with E-state index in [-0.39, 0.29) is 12.3 Å². The Bertz CT molecular complexity index is 456. The van der Waals surface area contributed by atoms with Gasteiger partial charge in [0.1, 0.15) is 18.1 Å². The molecule has 1 N–H and O–H groups in total. The molecule has 0 atom stereocenters. The number of hydrogen-bond donors (Lipinski definition) is 1. The largest absolute Gasteiger partial charge is 0.494 e. The summed E-state index contributed by atoms with van der Waals surface area (Å²) in [6, 6.07) is 7.23. The molecule has 0 unspecified atom stereocenters. The van der Waals surface area contributed by atoms with E-state index in [1.165, 1.54) is 0 Å². The van der Waals surface area contributed by atoms with Crippen LogP contribution in [0.25, 0.3) is 0 Å². The van der Waals surface area contributed by atoms with Gasteiger partial charge in [0.15, 0.2) is 0 Å². The van der Waals surface area contributed by atoms with Crippen LogP contribution in [0.15, 0.2) is 24.3 Å². The second-order valence-corrected chi connectivity index (χ2v) is 5.89.